The van der Waals surface area contributed by atoms with Crippen molar-refractivity contribution < 1.29 is 19.1 Å². The molecule has 2 aliphatic rings. The summed E-state index contributed by atoms with van der Waals surface area (Å²) in [6, 6.07) is 0.0231. The van der Waals surface area contributed by atoms with Crippen LogP contribution in [0.4, 0.5) is 9.59 Å². The second-order valence-electron chi connectivity index (χ2n) is 4.45. The largest absolute Gasteiger partial charge is 0.453 e. The molecule has 1 unspecified atom stereocenters. The van der Waals surface area contributed by atoms with E-state index in [0.29, 0.717) is 39.4 Å². The van der Waals surface area contributed by atoms with Crippen molar-refractivity contribution in [1.82, 2.24) is 15.1 Å². The van der Waals surface area contributed by atoms with Crippen molar-refractivity contribution in [2.45, 2.75) is 12.5 Å². The SMILES string of the molecule is COC(=O)NC1CCN(C(=O)N2CCOCC2)C1. The lowest BCUT2D eigenvalue weighted by molar-refractivity contribution is 0.0450. The van der Waals surface area contributed by atoms with Crippen molar-refractivity contribution in [3.05, 3.63) is 0 Å². The molecule has 0 aliphatic carbocycles. The molecule has 18 heavy (non-hydrogen) atoms. The highest BCUT2D eigenvalue weighted by molar-refractivity contribution is 5.75. The number of hydrogen-bond donors (Lipinski definition) is 1. The molecule has 7 nitrogen and oxygen atoms in total. The first kappa shape index (κ1) is 12.9. The van der Waals surface area contributed by atoms with Gasteiger partial charge in [0.05, 0.1) is 26.4 Å². The number of rotatable bonds is 1. The first-order valence-electron chi connectivity index (χ1n) is 6.17. The van der Waals surface area contributed by atoms with Gasteiger partial charge in [-0.25, -0.2) is 9.59 Å². The van der Waals surface area contributed by atoms with E-state index >= 15 is 0 Å². The van der Waals surface area contributed by atoms with E-state index < -0.39 is 6.09 Å². The van der Waals surface area contributed by atoms with E-state index in [4.69, 9.17) is 4.74 Å². The van der Waals surface area contributed by atoms with Gasteiger partial charge in [0, 0.05) is 26.2 Å². The van der Waals surface area contributed by atoms with Gasteiger partial charge in [-0.1, -0.05) is 0 Å². The van der Waals surface area contributed by atoms with Crippen LogP contribution >= 0.6 is 0 Å². The summed E-state index contributed by atoms with van der Waals surface area (Å²) >= 11 is 0. The predicted molar refractivity (Wildman–Crippen MR) is 63.3 cm³/mol. The van der Waals surface area contributed by atoms with E-state index in [0.717, 1.165) is 6.42 Å². The summed E-state index contributed by atoms with van der Waals surface area (Å²) in [7, 11) is 1.33. The highest BCUT2D eigenvalue weighted by Gasteiger charge is 2.30. The van der Waals surface area contributed by atoms with Crippen LogP contribution in [-0.4, -0.2) is 74.5 Å². The first-order chi connectivity index (χ1) is 8.70. The van der Waals surface area contributed by atoms with Gasteiger partial charge < -0.3 is 24.6 Å². The topological polar surface area (TPSA) is 71.1 Å². The number of morpholine rings is 1. The number of urea groups is 1. The van der Waals surface area contributed by atoms with E-state index in [1.165, 1.54) is 7.11 Å². The summed E-state index contributed by atoms with van der Waals surface area (Å²) in [5.74, 6) is 0. The number of carbonyl (C=O) groups excluding carboxylic acids is 2. The Morgan fingerprint density at radius 3 is 2.61 bits per heavy atom. The van der Waals surface area contributed by atoms with Gasteiger partial charge in [-0.15, -0.1) is 0 Å². The monoisotopic (exact) mass is 257 g/mol. The second kappa shape index (κ2) is 5.90. The molecule has 2 fully saturated rings. The summed E-state index contributed by atoms with van der Waals surface area (Å²) in [5.41, 5.74) is 0. The van der Waals surface area contributed by atoms with Crippen LogP contribution in [0.15, 0.2) is 0 Å². The Balaban J connectivity index is 1.80. The number of carbonyl (C=O) groups is 2. The van der Waals surface area contributed by atoms with Crippen molar-refractivity contribution in [3.63, 3.8) is 0 Å². The highest BCUT2D eigenvalue weighted by Crippen LogP contribution is 2.13. The number of amides is 3. The third-order valence-corrected chi connectivity index (χ3v) is 3.25. The molecule has 0 saturated carbocycles. The second-order valence-corrected chi connectivity index (χ2v) is 4.45. The van der Waals surface area contributed by atoms with Gasteiger partial charge in [0.1, 0.15) is 0 Å². The maximum absolute atomic E-state index is 12.2. The number of likely N-dealkylation sites (tertiary alicyclic amines) is 1. The van der Waals surface area contributed by atoms with E-state index in [-0.39, 0.29) is 12.1 Å². The molecule has 2 saturated heterocycles. The van der Waals surface area contributed by atoms with Gasteiger partial charge in [0.25, 0.3) is 0 Å². The Bertz CT molecular complexity index is 317. The lowest BCUT2D eigenvalue weighted by atomic mass is 10.3. The third-order valence-electron chi connectivity index (χ3n) is 3.25. The minimum atomic E-state index is -0.444. The molecule has 0 aromatic heterocycles. The molecule has 0 aromatic carbocycles. The van der Waals surface area contributed by atoms with Crippen LogP contribution in [0.5, 0.6) is 0 Å². The van der Waals surface area contributed by atoms with E-state index in [1.807, 2.05) is 0 Å². The molecule has 7 heteroatoms. The Morgan fingerprint density at radius 1 is 1.22 bits per heavy atom. The summed E-state index contributed by atoms with van der Waals surface area (Å²) < 4.78 is 9.76. The number of hydrogen-bond acceptors (Lipinski definition) is 4. The van der Waals surface area contributed by atoms with Crippen LogP contribution in [0, 0.1) is 0 Å². The van der Waals surface area contributed by atoms with E-state index in [9.17, 15) is 9.59 Å². The van der Waals surface area contributed by atoms with Gasteiger partial charge in [-0.2, -0.15) is 0 Å². The molecule has 1 atom stereocenters. The average molecular weight is 257 g/mol. The molecule has 0 radical (unpaired) electrons. The molecule has 2 aliphatic heterocycles. The molecule has 3 amide bonds. The fraction of sp³-hybridized carbons (Fsp3) is 0.818. The maximum Gasteiger partial charge on any atom is 0.407 e. The number of methoxy groups -OCH3 is 1. The highest BCUT2D eigenvalue weighted by atomic mass is 16.5. The first-order valence-corrected chi connectivity index (χ1v) is 6.17. The Kier molecular flexibility index (Phi) is 4.24. The maximum atomic E-state index is 12.2. The summed E-state index contributed by atoms with van der Waals surface area (Å²) in [4.78, 5) is 26.8. The van der Waals surface area contributed by atoms with Crippen LogP contribution in [0.1, 0.15) is 6.42 Å². The lowest BCUT2D eigenvalue weighted by Gasteiger charge is -2.30. The van der Waals surface area contributed by atoms with Crippen LogP contribution < -0.4 is 5.32 Å². The van der Waals surface area contributed by atoms with E-state index in [2.05, 4.69) is 10.1 Å². The molecule has 0 spiro atoms. The number of nitrogens with zero attached hydrogens (tertiary/aromatic N) is 2. The normalized spacial score (nSPS) is 23.9. The fourth-order valence-electron chi connectivity index (χ4n) is 2.23. The van der Waals surface area contributed by atoms with Gasteiger partial charge in [-0.3, -0.25) is 0 Å². The smallest absolute Gasteiger partial charge is 0.407 e. The molecule has 0 bridgehead atoms. The summed E-state index contributed by atoms with van der Waals surface area (Å²) in [5, 5.41) is 2.72. The Morgan fingerprint density at radius 2 is 1.94 bits per heavy atom. The van der Waals surface area contributed by atoms with Gasteiger partial charge in [0.15, 0.2) is 0 Å². The summed E-state index contributed by atoms with van der Waals surface area (Å²) in [6.07, 6.45) is 0.325. The molecule has 2 rings (SSSR count). The fourth-order valence-corrected chi connectivity index (χ4v) is 2.23. The molecule has 102 valence electrons. The van der Waals surface area contributed by atoms with Crippen molar-refractivity contribution in [3.8, 4) is 0 Å². The van der Waals surface area contributed by atoms with Crippen LogP contribution in [0.2, 0.25) is 0 Å². The number of ether oxygens (including phenoxy) is 2. The predicted octanol–water partition coefficient (Wildman–Crippen LogP) is -0.131. The Hall–Kier alpha value is -1.50. The molecule has 0 aromatic rings. The summed E-state index contributed by atoms with van der Waals surface area (Å²) in [6.45, 7) is 3.71. The van der Waals surface area contributed by atoms with Crippen molar-refractivity contribution in [1.29, 1.82) is 0 Å². The minimum absolute atomic E-state index is 0.0116. The molecule has 1 N–H and O–H groups in total. The van der Waals surface area contributed by atoms with Gasteiger partial charge in [-0.05, 0) is 6.42 Å². The zero-order valence-electron chi connectivity index (χ0n) is 10.6. The van der Waals surface area contributed by atoms with Crippen LogP contribution in [0.3, 0.4) is 0 Å². The molecule has 2 heterocycles. The quantitative estimate of drug-likeness (QED) is 0.710. The minimum Gasteiger partial charge on any atom is -0.453 e. The van der Waals surface area contributed by atoms with Crippen molar-refractivity contribution >= 4 is 12.1 Å². The van der Waals surface area contributed by atoms with Gasteiger partial charge >= 0.3 is 12.1 Å². The average Bonchev–Trinajstić information content (AvgIpc) is 2.87. The molecular formula is C11H19N3O4. The van der Waals surface area contributed by atoms with E-state index in [1.54, 1.807) is 9.80 Å². The van der Waals surface area contributed by atoms with Crippen molar-refractivity contribution in [2.24, 2.45) is 0 Å². The zero-order valence-corrected chi connectivity index (χ0v) is 10.6. The standard InChI is InChI=1S/C11H19N3O4/c1-17-10(15)12-9-2-3-14(8-9)11(16)13-4-6-18-7-5-13/h9H,2-8H2,1H3,(H,12,15). The molecular weight excluding hydrogens is 238 g/mol. The third kappa shape index (κ3) is 3.04. The van der Waals surface area contributed by atoms with Crippen LogP contribution in [0.25, 0.3) is 0 Å². The van der Waals surface area contributed by atoms with Crippen molar-refractivity contribution in [2.75, 3.05) is 46.5 Å². The van der Waals surface area contributed by atoms with Crippen LogP contribution in [-0.2, 0) is 9.47 Å². The number of nitrogens with one attached hydrogen (secondary N) is 1. The number of alkyl carbamates (subject to hydrolysis) is 1. The van der Waals surface area contributed by atoms with Gasteiger partial charge in [0.2, 0.25) is 0 Å². The Labute approximate surface area is 106 Å². The zero-order chi connectivity index (χ0) is 13.0. The lowest BCUT2D eigenvalue weighted by Crippen LogP contribution is -2.48.